The van der Waals surface area contributed by atoms with Gasteiger partial charge < -0.3 is 13.6 Å². The number of allylic oxidation sites excluding steroid dienone is 3. The third kappa shape index (κ3) is 3.57. The molecule has 0 unspecified atom stereocenters. The largest absolute Gasteiger partial charge is 0.416 e. The average molecular weight is 543 g/mol. The first-order valence-electron chi connectivity index (χ1n) is 14.0. The number of para-hydroxylation sites is 4. The Balaban J connectivity index is 1.47. The van der Waals surface area contributed by atoms with E-state index in [-0.39, 0.29) is 0 Å². The molecule has 0 fully saturated rings. The zero-order valence-corrected chi connectivity index (χ0v) is 23.0. The minimum absolute atomic E-state index is 0.447. The van der Waals surface area contributed by atoms with Gasteiger partial charge in [-0.2, -0.15) is 0 Å². The van der Waals surface area contributed by atoms with Crippen molar-refractivity contribution in [3.05, 3.63) is 140 Å². The fourth-order valence-electron chi connectivity index (χ4n) is 6.16. The molecule has 0 amide bonds. The normalized spacial score (nSPS) is 12.2. The molecule has 0 spiro atoms. The Morgan fingerprint density at radius 3 is 1.45 bits per heavy atom. The number of aromatic nitrogens is 4. The Morgan fingerprint density at radius 2 is 1.05 bits per heavy atom. The van der Waals surface area contributed by atoms with Gasteiger partial charge in [-0.3, -0.25) is 0 Å². The zero-order chi connectivity index (χ0) is 28.2. The number of nitrogens with zero attached hydrogens (tertiary/aromatic N) is 4. The third-order valence-electron chi connectivity index (χ3n) is 8.03. The lowest BCUT2D eigenvalue weighted by molar-refractivity contribution is 0.554. The lowest BCUT2D eigenvalue weighted by Crippen LogP contribution is -2.00. The summed E-state index contributed by atoms with van der Waals surface area (Å²) in [5.41, 5.74) is 8.21. The molecule has 0 saturated carbocycles. The van der Waals surface area contributed by atoms with Crippen molar-refractivity contribution in [2.75, 3.05) is 0 Å². The van der Waals surface area contributed by atoms with Crippen LogP contribution in [0, 0.1) is 0 Å². The Labute approximate surface area is 242 Å². The van der Waals surface area contributed by atoms with Gasteiger partial charge in [0.1, 0.15) is 0 Å². The molecule has 8 rings (SSSR count). The smallest absolute Gasteiger partial charge is 0.248 e. The van der Waals surface area contributed by atoms with E-state index in [4.69, 9.17) is 4.42 Å². The van der Waals surface area contributed by atoms with Crippen molar-refractivity contribution in [1.29, 1.82) is 0 Å². The van der Waals surface area contributed by atoms with E-state index in [0.29, 0.717) is 11.8 Å². The van der Waals surface area contributed by atoms with Crippen molar-refractivity contribution in [2.45, 2.75) is 6.92 Å². The van der Waals surface area contributed by atoms with Gasteiger partial charge in [0.05, 0.1) is 22.1 Å². The lowest BCUT2D eigenvalue weighted by atomic mass is 10.1. The molecule has 5 nitrogen and oxygen atoms in total. The van der Waals surface area contributed by atoms with Crippen LogP contribution in [0.3, 0.4) is 0 Å². The zero-order valence-electron chi connectivity index (χ0n) is 23.0. The molecule has 0 aliphatic carbocycles. The monoisotopic (exact) mass is 542 g/mol. The standard InChI is InChI=1S/C37H26N4O/c1-3-24(4-2)36-38-39-37(42-36)25-21-26(40-32-17-9-5-13-28(32)29-14-6-10-18-33(29)40)23-27(22-25)41-34-19-11-7-15-30(34)31-16-8-12-20-35(31)41/h3-23H,1H2,2H3/b24-4+. The summed E-state index contributed by atoms with van der Waals surface area (Å²) in [4.78, 5) is 0. The highest BCUT2D eigenvalue weighted by Crippen LogP contribution is 2.37. The second-order valence-electron chi connectivity index (χ2n) is 10.3. The number of rotatable bonds is 5. The summed E-state index contributed by atoms with van der Waals surface area (Å²) in [6, 6.07) is 40.7. The molecule has 200 valence electrons. The van der Waals surface area contributed by atoms with Gasteiger partial charge in [-0.15, -0.1) is 10.2 Å². The number of benzene rings is 5. The van der Waals surface area contributed by atoms with Crippen molar-refractivity contribution in [3.63, 3.8) is 0 Å². The summed E-state index contributed by atoms with van der Waals surface area (Å²) < 4.78 is 10.9. The molecule has 0 aliphatic rings. The van der Waals surface area contributed by atoms with E-state index >= 15 is 0 Å². The van der Waals surface area contributed by atoms with Crippen molar-refractivity contribution < 1.29 is 4.42 Å². The van der Waals surface area contributed by atoms with Crippen LogP contribution in [0.1, 0.15) is 12.8 Å². The van der Waals surface area contributed by atoms with Crippen LogP contribution >= 0.6 is 0 Å². The van der Waals surface area contributed by atoms with Crippen molar-refractivity contribution >= 4 is 49.2 Å². The SMILES string of the molecule is C=C/C(=C\C)c1nnc(-c2cc(-n3c4ccccc4c4ccccc43)cc(-n3c4ccccc4c4ccccc43)c2)o1. The fourth-order valence-corrected chi connectivity index (χ4v) is 6.16. The van der Waals surface area contributed by atoms with Crippen LogP contribution in [0.2, 0.25) is 0 Å². The third-order valence-corrected chi connectivity index (χ3v) is 8.03. The quantitative estimate of drug-likeness (QED) is 0.204. The van der Waals surface area contributed by atoms with Gasteiger partial charge in [0, 0.05) is 44.1 Å². The van der Waals surface area contributed by atoms with E-state index in [9.17, 15) is 0 Å². The van der Waals surface area contributed by atoms with Crippen LogP contribution in [-0.4, -0.2) is 19.3 Å². The Bertz CT molecular complexity index is 2110. The van der Waals surface area contributed by atoms with Gasteiger partial charge in [0.15, 0.2) is 0 Å². The van der Waals surface area contributed by atoms with Gasteiger partial charge in [-0.05, 0) is 49.4 Å². The van der Waals surface area contributed by atoms with E-state index in [0.717, 1.165) is 44.6 Å². The molecule has 3 aromatic heterocycles. The summed E-state index contributed by atoms with van der Waals surface area (Å²) in [6.45, 7) is 5.83. The molecule has 8 aromatic rings. The molecule has 0 radical (unpaired) electrons. The first-order valence-corrected chi connectivity index (χ1v) is 14.0. The van der Waals surface area contributed by atoms with Crippen LogP contribution in [0.5, 0.6) is 0 Å². The van der Waals surface area contributed by atoms with Gasteiger partial charge in [-0.1, -0.05) is 91.5 Å². The molecule has 0 saturated heterocycles. The highest BCUT2D eigenvalue weighted by molar-refractivity contribution is 6.10. The molecule has 0 bridgehead atoms. The summed E-state index contributed by atoms with van der Waals surface area (Å²) in [6.07, 6.45) is 3.65. The van der Waals surface area contributed by atoms with Gasteiger partial charge >= 0.3 is 0 Å². The number of hydrogen-bond acceptors (Lipinski definition) is 3. The molecule has 42 heavy (non-hydrogen) atoms. The summed E-state index contributed by atoms with van der Waals surface area (Å²) in [7, 11) is 0. The first kappa shape index (κ1) is 24.1. The maximum atomic E-state index is 6.23. The van der Waals surface area contributed by atoms with Gasteiger partial charge in [0.2, 0.25) is 11.8 Å². The number of hydrogen-bond donors (Lipinski definition) is 0. The first-order chi connectivity index (χ1) is 20.7. The highest BCUT2D eigenvalue weighted by Gasteiger charge is 2.19. The molecule has 3 heterocycles. The predicted octanol–water partition coefficient (Wildman–Crippen LogP) is 9.52. The molecule has 5 aromatic carbocycles. The minimum atomic E-state index is 0.447. The molecule has 5 heteroatoms. The summed E-state index contributed by atoms with van der Waals surface area (Å²) in [5.74, 6) is 0.902. The van der Waals surface area contributed by atoms with Crippen LogP contribution < -0.4 is 0 Å². The molecule has 0 N–H and O–H groups in total. The van der Waals surface area contributed by atoms with Crippen LogP contribution in [0.15, 0.2) is 138 Å². The van der Waals surface area contributed by atoms with E-state index < -0.39 is 0 Å². The van der Waals surface area contributed by atoms with E-state index in [1.165, 1.54) is 21.5 Å². The Morgan fingerprint density at radius 1 is 0.619 bits per heavy atom. The van der Waals surface area contributed by atoms with Crippen molar-refractivity contribution in [3.8, 4) is 22.8 Å². The topological polar surface area (TPSA) is 48.8 Å². The Hall–Kier alpha value is -5.68. The number of fused-ring (bicyclic) bond motifs is 6. The predicted molar refractivity (Wildman–Crippen MR) is 172 cm³/mol. The maximum absolute atomic E-state index is 6.23. The van der Waals surface area contributed by atoms with Gasteiger partial charge in [-0.25, -0.2) is 0 Å². The fraction of sp³-hybridized carbons (Fsp3) is 0.0270. The van der Waals surface area contributed by atoms with Crippen LogP contribution in [-0.2, 0) is 0 Å². The minimum Gasteiger partial charge on any atom is -0.416 e. The van der Waals surface area contributed by atoms with Crippen molar-refractivity contribution in [2.24, 2.45) is 0 Å². The van der Waals surface area contributed by atoms with E-state index in [1.54, 1.807) is 6.08 Å². The van der Waals surface area contributed by atoms with E-state index in [1.807, 2.05) is 13.0 Å². The molecule has 0 atom stereocenters. The molecule has 0 aliphatic heterocycles. The van der Waals surface area contributed by atoms with Crippen molar-refractivity contribution in [1.82, 2.24) is 19.3 Å². The van der Waals surface area contributed by atoms with Crippen LogP contribution in [0.25, 0.3) is 72.0 Å². The second kappa shape index (κ2) is 9.46. The van der Waals surface area contributed by atoms with E-state index in [2.05, 4.69) is 141 Å². The maximum Gasteiger partial charge on any atom is 0.248 e. The van der Waals surface area contributed by atoms with Crippen LogP contribution in [0.4, 0.5) is 0 Å². The lowest BCUT2D eigenvalue weighted by Gasteiger charge is -2.14. The molecular formula is C37H26N4O. The average Bonchev–Trinajstić information content (AvgIpc) is 3.75. The Kier molecular flexibility index (Phi) is 5.44. The summed E-state index contributed by atoms with van der Waals surface area (Å²) >= 11 is 0. The second-order valence-corrected chi connectivity index (χ2v) is 10.3. The molecular weight excluding hydrogens is 516 g/mol. The highest BCUT2D eigenvalue weighted by atomic mass is 16.4. The summed E-state index contributed by atoms with van der Waals surface area (Å²) in [5, 5.41) is 13.7. The van der Waals surface area contributed by atoms with Gasteiger partial charge in [0.25, 0.3) is 0 Å².